The molecule has 0 atom stereocenters. The van der Waals surface area contributed by atoms with E-state index < -0.39 is 10.9 Å². The monoisotopic (exact) mass is 359 g/mol. The Morgan fingerprint density at radius 1 is 1.04 bits per heavy atom. The van der Waals surface area contributed by atoms with Gasteiger partial charge in [-0.2, -0.15) is 0 Å². The van der Waals surface area contributed by atoms with E-state index in [0.717, 1.165) is 6.20 Å². The maximum absolute atomic E-state index is 11.9. The molecule has 26 heavy (non-hydrogen) atoms. The summed E-state index contributed by atoms with van der Waals surface area (Å²) in [6, 6.07) is 11.3. The Balaban J connectivity index is 1.97. The fourth-order valence-electron chi connectivity index (χ4n) is 1.99. The first-order valence-corrected chi connectivity index (χ1v) is 7.49. The smallest absolute Gasteiger partial charge is 0.349 e. The number of nitrogens with zero attached hydrogens (tertiary/aromatic N) is 1. The second-order valence-electron chi connectivity index (χ2n) is 4.95. The number of rotatable bonds is 8. The molecule has 0 saturated carbocycles. The Kier molecular flexibility index (Phi) is 6.55. The van der Waals surface area contributed by atoms with E-state index in [4.69, 9.17) is 18.9 Å². The highest BCUT2D eigenvalue weighted by Gasteiger charge is 2.11. The van der Waals surface area contributed by atoms with Gasteiger partial charge in [-0.25, -0.2) is 4.79 Å². The molecule has 0 aliphatic carbocycles. The van der Waals surface area contributed by atoms with Crippen molar-refractivity contribution in [3.05, 3.63) is 64.3 Å². The van der Waals surface area contributed by atoms with Gasteiger partial charge in [-0.05, 0) is 42.0 Å². The van der Waals surface area contributed by atoms with Crippen LogP contribution in [-0.4, -0.2) is 31.7 Å². The van der Waals surface area contributed by atoms with Crippen LogP contribution in [0.3, 0.4) is 0 Å². The minimum absolute atomic E-state index is 0.189. The first-order chi connectivity index (χ1) is 12.5. The number of esters is 1. The number of nitro groups is 1. The van der Waals surface area contributed by atoms with E-state index in [1.807, 2.05) is 0 Å². The molecule has 2 aromatic rings. The largest absolute Gasteiger partial charge is 0.497 e. The number of ether oxygens (including phenoxy) is 4. The van der Waals surface area contributed by atoms with Crippen LogP contribution in [0.25, 0.3) is 6.08 Å². The molecule has 0 spiro atoms. The zero-order valence-corrected chi connectivity index (χ0v) is 14.2. The highest BCUT2D eigenvalue weighted by Crippen LogP contribution is 2.28. The van der Waals surface area contributed by atoms with Crippen LogP contribution in [0.4, 0.5) is 0 Å². The molecular weight excluding hydrogens is 342 g/mol. The molecule has 0 aliphatic rings. The molecule has 0 unspecified atom stereocenters. The summed E-state index contributed by atoms with van der Waals surface area (Å²) in [5.74, 6) is 1.01. The van der Waals surface area contributed by atoms with Crippen LogP contribution in [-0.2, 0) is 4.79 Å². The van der Waals surface area contributed by atoms with Crippen LogP contribution in [0.5, 0.6) is 23.0 Å². The van der Waals surface area contributed by atoms with E-state index in [0.29, 0.717) is 17.1 Å². The van der Waals surface area contributed by atoms with Gasteiger partial charge in [-0.1, -0.05) is 6.07 Å². The lowest BCUT2D eigenvalue weighted by molar-refractivity contribution is -0.400. The molecule has 0 fully saturated rings. The number of methoxy groups -OCH3 is 2. The zero-order chi connectivity index (χ0) is 18.9. The second kappa shape index (κ2) is 9.07. The third kappa shape index (κ3) is 5.52. The Morgan fingerprint density at radius 2 is 1.73 bits per heavy atom. The van der Waals surface area contributed by atoms with E-state index in [1.165, 1.54) is 25.3 Å². The third-order valence-corrected chi connectivity index (χ3v) is 3.22. The minimum Gasteiger partial charge on any atom is -0.497 e. The van der Waals surface area contributed by atoms with Crippen molar-refractivity contribution in [3.63, 3.8) is 0 Å². The van der Waals surface area contributed by atoms with Crippen molar-refractivity contribution in [2.24, 2.45) is 0 Å². The first kappa shape index (κ1) is 18.8. The molecule has 0 amide bonds. The van der Waals surface area contributed by atoms with Crippen molar-refractivity contribution in [1.82, 2.24) is 0 Å². The van der Waals surface area contributed by atoms with Gasteiger partial charge in [0, 0.05) is 6.08 Å². The second-order valence-corrected chi connectivity index (χ2v) is 4.95. The first-order valence-electron chi connectivity index (χ1n) is 7.49. The van der Waals surface area contributed by atoms with Crippen LogP contribution in [0.1, 0.15) is 5.56 Å². The summed E-state index contributed by atoms with van der Waals surface area (Å²) in [6.45, 7) is -0.293. The number of carbonyl (C=O) groups excluding carboxylic acids is 1. The number of hydrogen-bond acceptors (Lipinski definition) is 7. The highest BCUT2D eigenvalue weighted by molar-refractivity contribution is 5.75. The topological polar surface area (TPSA) is 97.1 Å². The molecule has 8 nitrogen and oxygen atoms in total. The maximum Gasteiger partial charge on any atom is 0.349 e. The summed E-state index contributed by atoms with van der Waals surface area (Å²) in [7, 11) is 2.96. The average Bonchev–Trinajstić information content (AvgIpc) is 2.65. The summed E-state index contributed by atoms with van der Waals surface area (Å²) in [6.07, 6.45) is 2.12. The third-order valence-electron chi connectivity index (χ3n) is 3.22. The van der Waals surface area contributed by atoms with Gasteiger partial charge in [0.2, 0.25) is 6.20 Å². The van der Waals surface area contributed by atoms with E-state index in [2.05, 4.69) is 0 Å². The van der Waals surface area contributed by atoms with Crippen molar-refractivity contribution in [2.75, 3.05) is 20.8 Å². The molecular formula is C18H17NO7. The molecule has 0 N–H and O–H groups in total. The van der Waals surface area contributed by atoms with Crippen LogP contribution in [0.2, 0.25) is 0 Å². The van der Waals surface area contributed by atoms with Gasteiger partial charge >= 0.3 is 5.97 Å². The fourth-order valence-corrected chi connectivity index (χ4v) is 1.99. The molecule has 136 valence electrons. The Hall–Kier alpha value is -3.55. The molecule has 0 aromatic heterocycles. The predicted octanol–water partition coefficient (Wildman–Crippen LogP) is 2.94. The Bertz CT molecular complexity index is 800. The van der Waals surface area contributed by atoms with Crippen molar-refractivity contribution in [1.29, 1.82) is 0 Å². The number of benzene rings is 2. The van der Waals surface area contributed by atoms with Gasteiger partial charge in [0.15, 0.2) is 18.1 Å². The average molecular weight is 359 g/mol. The van der Waals surface area contributed by atoms with E-state index in [1.54, 1.807) is 37.4 Å². The standard InChI is InChI=1S/C18H17NO7/c1-23-14-4-6-15(7-5-14)25-12-18(20)26-16-8-3-13(9-10-19(21)22)11-17(16)24-2/h3-11H,12H2,1-2H3. The lowest BCUT2D eigenvalue weighted by Crippen LogP contribution is -2.18. The van der Waals surface area contributed by atoms with Gasteiger partial charge in [0.05, 0.1) is 19.1 Å². The van der Waals surface area contributed by atoms with Gasteiger partial charge < -0.3 is 18.9 Å². The SMILES string of the molecule is COc1ccc(OCC(=O)Oc2ccc(C=C[N+](=O)[O-])cc2OC)cc1. The molecule has 0 saturated heterocycles. The summed E-state index contributed by atoms with van der Waals surface area (Å²) in [5.41, 5.74) is 0.535. The number of hydrogen-bond donors (Lipinski definition) is 0. The Morgan fingerprint density at radius 3 is 2.35 bits per heavy atom. The zero-order valence-electron chi connectivity index (χ0n) is 14.2. The van der Waals surface area contributed by atoms with Crippen molar-refractivity contribution >= 4 is 12.0 Å². The molecule has 0 radical (unpaired) electrons. The normalized spacial score (nSPS) is 10.4. The lowest BCUT2D eigenvalue weighted by atomic mass is 10.2. The van der Waals surface area contributed by atoms with Gasteiger partial charge in [-0.15, -0.1) is 0 Å². The highest BCUT2D eigenvalue weighted by atomic mass is 16.6. The van der Waals surface area contributed by atoms with Crippen LogP contribution in [0.15, 0.2) is 48.7 Å². The quantitative estimate of drug-likeness (QED) is 0.309. The van der Waals surface area contributed by atoms with Crippen LogP contribution >= 0.6 is 0 Å². The van der Waals surface area contributed by atoms with E-state index in [-0.39, 0.29) is 18.1 Å². The molecule has 0 aliphatic heterocycles. The summed E-state index contributed by atoms with van der Waals surface area (Å²) < 4.78 is 20.7. The maximum atomic E-state index is 11.9. The molecule has 0 bridgehead atoms. The predicted molar refractivity (Wildman–Crippen MR) is 93.1 cm³/mol. The summed E-state index contributed by atoms with van der Waals surface area (Å²) in [4.78, 5) is 21.7. The van der Waals surface area contributed by atoms with E-state index in [9.17, 15) is 14.9 Å². The van der Waals surface area contributed by atoms with Crippen molar-refractivity contribution < 1.29 is 28.7 Å². The summed E-state index contributed by atoms with van der Waals surface area (Å²) >= 11 is 0. The minimum atomic E-state index is -0.618. The van der Waals surface area contributed by atoms with Crippen molar-refractivity contribution in [3.8, 4) is 23.0 Å². The van der Waals surface area contributed by atoms with Gasteiger partial charge in [0.25, 0.3) is 0 Å². The lowest BCUT2D eigenvalue weighted by Gasteiger charge is -2.10. The summed E-state index contributed by atoms with van der Waals surface area (Å²) in [5, 5.41) is 10.4. The van der Waals surface area contributed by atoms with Gasteiger partial charge in [0.1, 0.15) is 11.5 Å². The van der Waals surface area contributed by atoms with Crippen LogP contribution < -0.4 is 18.9 Å². The molecule has 2 rings (SSSR count). The van der Waals surface area contributed by atoms with Crippen molar-refractivity contribution in [2.45, 2.75) is 0 Å². The van der Waals surface area contributed by atoms with Crippen LogP contribution in [0, 0.1) is 10.1 Å². The molecule has 0 heterocycles. The molecule has 2 aromatic carbocycles. The fraction of sp³-hybridized carbons (Fsp3) is 0.167. The van der Waals surface area contributed by atoms with E-state index >= 15 is 0 Å². The van der Waals surface area contributed by atoms with Gasteiger partial charge in [-0.3, -0.25) is 10.1 Å². The molecule has 8 heteroatoms. The number of carbonyl (C=O) groups is 1. The Labute approximate surface area is 149 Å².